The second-order valence-corrected chi connectivity index (χ2v) is 5.03. The first kappa shape index (κ1) is 12.9. The van der Waals surface area contributed by atoms with E-state index in [-0.39, 0.29) is 11.1 Å². The molecular formula is C14H13ClN4O. The Morgan fingerprint density at radius 3 is 2.50 bits per heavy atom. The summed E-state index contributed by atoms with van der Waals surface area (Å²) in [5, 5.41) is 0.237. The van der Waals surface area contributed by atoms with Gasteiger partial charge in [-0.1, -0.05) is 35.9 Å². The monoisotopic (exact) mass is 288 g/mol. The summed E-state index contributed by atoms with van der Waals surface area (Å²) >= 11 is 5.89. The molecule has 1 aromatic carbocycles. The molecule has 0 spiro atoms. The maximum atomic E-state index is 12.5. The van der Waals surface area contributed by atoms with Gasteiger partial charge >= 0.3 is 0 Å². The number of amides is 1. The minimum absolute atomic E-state index is 0.0815. The highest BCUT2D eigenvalue weighted by Gasteiger charge is 2.24. The number of rotatable bonds is 2. The van der Waals surface area contributed by atoms with Crippen LogP contribution >= 0.6 is 11.6 Å². The number of fused-ring (bicyclic) bond motifs is 1. The first-order valence-corrected chi connectivity index (χ1v) is 6.55. The Morgan fingerprint density at radius 2 is 1.90 bits per heavy atom. The van der Waals surface area contributed by atoms with Crippen molar-refractivity contribution in [2.24, 2.45) is 5.84 Å². The van der Waals surface area contributed by atoms with Gasteiger partial charge in [-0.2, -0.15) is 0 Å². The van der Waals surface area contributed by atoms with E-state index in [4.69, 9.17) is 17.4 Å². The van der Waals surface area contributed by atoms with E-state index in [9.17, 15) is 4.79 Å². The molecule has 0 unspecified atom stereocenters. The van der Waals surface area contributed by atoms with Crippen molar-refractivity contribution < 1.29 is 4.79 Å². The number of anilines is 1. The highest BCUT2D eigenvalue weighted by atomic mass is 35.5. The quantitative estimate of drug-likeness (QED) is 0.505. The van der Waals surface area contributed by atoms with E-state index in [0.29, 0.717) is 24.5 Å². The largest absolute Gasteiger partial charge is 0.330 e. The van der Waals surface area contributed by atoms with E-state index in [1.54, 1.807) is 17.0 Å². The normalized spacial score (nSPS) is 13.2. The lowest BCUT2D eigenvalue weighted by Gasteiger charge is -2.16. The molecule has 0 saturated heterocycles. The molecule has 3 rings (SSSR count). The Bertz CT molecular complexity index is 649. The molecule has 102 valence electrons. The molecule has 5 nitrogen and oxygen atoms in total. The predicted molar refractivity (Wildman–Crippen MR) is 77.1 cm³/mol. The fourth-order valence-electron chi connectivity index (χ4n) is 2.35. The summed E-state index contributed by atoms with van der Waals surface area (Å²) in [7, 11) is 0. The zero-order valence-electron chi connectivity index (χ0n) is 10.6. The van der Waals surface area contributed by atoms with Crippen molar-refractivity contribution in [1.29, 1.82) is 0 Å². The summed E-state index contributed by atoms with van der Waals surface area (Å²) < 4.78 is 0. The van der Waals surface area contributed by atoms with Gasteiger partial charge < -0.3 is 10.3 Å². The maximum absolute atomic E-state index is 12.5. The van der Waals surface area contributed by atoms with E-state index in [1.807, 2.05) is 24.3 Å². The molecule has 6 heteroatoms. The third-order valence-corrected chi connectivity index (χ3v) is 3.51. The zero-order valence-corrected chi connectivity index (χ0v) is 11.4. The van der Waals surface area contributed by atoms with Crippen LogP contribution in [0.5, 0.6) is 0 Å². The van der Waals surface area contributed by atoms with Gasteiger partial charge in [0.25, 0.3) is 5.91 Å². The van der Waals surface area contributed by atoms with E-state index in [1.165, 1.54) is 11.1 Å². The molecule has 0 atom stereocenters. The van der Waals surface area contributed by atoms with Gasteiger partial charge in [-0.05, 0) is 23.3 Å². The zero-order chi connectivity index (χ0) is 14.1. The highest BCUT2D eigenvalue weighted by Crippen LogP contribution is 2.25. The van der Waals surface area contributed by atoms with Gasteiger partial charge in [0.15, 0.2) is 0 Å². The lowest BCUT2D eigenvalue weighted by atomic mass is 10.1. The van der Waals surface area contributed by atoms with Gasteiger partial charge in [-0.3, -0.25) is 4.79 Å². The van der Waals surface area contributed by atoms with E-state index < -0.39 is 0 Å². The third kappa shape index (κ3) is 2.33. The summed E-state index contributed by atoms with van der Waals surface area (Å²) in [5.74, 6) is 5.61. The molecule has 0 saturated carbocycles. The molecule has 1 aromatic heterocycles. The Morgan fingerprint density at radius 1 is 1.25 bits per heavy atom. The predicted octanol–water partition coefficient (Wildman–Crippen LogP) is 2.18. The first-order valence-electron chi connectivity index (χ1n) is 6.17. The fraction of sp³-hybridized carbons (Fsp3) is 0.143. The lowest BCUT2D eigenvalue weighted by molar-refractivity contribution is 0.0751. The average Bonchev–Trinajstić information content (AvgIpc) is 2.89. The number of pyridine rings is 1. The number of hydrazine groups is 1. The average molecular weight is 289 g/mol. The van der Waals surface area contributed by atoms with Crippen molar-refractivity contribution in [2.75, 3.05) is 5.43 Å². The minimum atomic E-state index is -0.0815. The number of carbonyl (C=O) groups is 1. The van der Waals surface area contributed by atoms with Crippen molar-refractivity contribution in [3.63, 3.8) is 0 Å². The lowest BCUT2D eigenvalue weighted by Crippen LogP contribution is -2.25. The van der Waals surface area contributed by atoms with Gasteiger partial charge in [0.05, 0.1) is 0 Å². The molecule has 1 amide bonds. The number of nitrogen functional groups attached to an aromatic ring is 1. The van der Waals surface area contributed by atoms with Crippen LogP contribution in [0.1, 0.15) is 21.5 Å². The number of nitrogens with one attached hydrogen (secondary N) is 1. The number of benzene rings is 1. The number of nitrogens with zero attached hydrogens (tertiary/aromatic N) is 2. The summed E-state index contributed by atoms with van der Waals surface area (Å²) in [6.07, 6.45) is 0. The molecule has 1 aliphatic rings. The Hall–Kier alpha value is -2.11. The van der Waals surface area contributed by atoms with Crippen LogP contribution in [-0.2, 0) is 13.1 Å². The molecule has 0 bridgehead atoms. The van der Waals surface area contributed by atoms with Crippen LogP contribution < -0.4 is 11.3 Å². The molecule has 3 N–H and O–H groups in total. The molecule has 0 fully saturated rings. The second kappa shape index (κ2) is 5.11. The minimum Gasteiger partial charge on any atom is -0.330 e. The van der Waals surface area contributed by atoms with Crippen molar-refractivity contribution in [2.45, 2.75) is 13.1 Å². The fourth-order valence-corrected chi connectivity index (χ4v) is 2.56. The van der Waals surface area contributed by atoms with E-state index in [2.05, 4.69) is 10.4 Å². The molecule has 0 radical (unpaired) electrons. The molecule has 20 heavy (non-hydrogen) atoms. The SMILES string of the molecule is NNc1cc(C(=O)N2Cc3ccccc3C2)cc(Cl)n1. The third-order valence-electron chi connectivity index (χ3n) is 3.32. The van der Waals surface area contributed by atoms with Crippen LogP contribution in [0.2, 0.25) is 5.15 Å². The molecule has 1 aliphatic heterocycles. The van der Waals surface area contributed by atoms with Crippen molar-refractivity contribution in [1.82, 2.24) is 9.88 Å². The number of nitrogens with two attached hydrogens (primary N) is 1. The van der Waals surface area contributed by atoms with Gasteiger partial charge in [0, 0.05) is 18.7 Å². The van der Waals surface area contributed by atoms with Crippen LogP contribution in [0.3, 0.4) is 0 Å². The topological polar surface area (TPSA) is 71.2 Å². The van der Waals surface area contributed by atoms with Crippen molar-refractivity contribution >= 4 is 23.3 Å². The van der Waals surface area contributed by atoms with Crippen LogP contribution in [0.25, 0.3) is 0 Å². The molecular weight excluding hydrogens is 276 g/mol. The van der Waals surface area contributed by atoms with Crippen LogP contribution in [0, 0.1) is 0 Å². The second-order valence-electron chi connectivity index (χ2n) is 4.64. The van der Waals surface area contributed by atoms with Gasteiger partial charge in [0.2, 0.25) is 0 Å². The summed E-state index contributed by atoms with van der Waals surface area (Å²) in [6, 6.07) is 11.2. The van der Waals surface area contributed by atoms with Gasteiger partial charge in [0.1, 0.15) is 11.0 Å². The maximum Gasteiger partial charge on any atom is 0.254 e. The van der Waals surface area contributed by atoms with Crippen LogP contribution in [0.15, 0.2) is 36.4 Å². The van der Waals surface area contributed by atoms with E-state index in [0.717, 1.165) is 0 Å². The smallest absolute Gasteiger partial charge is 0.254 e. The molecule has 0 aliphatic carbocycles. The summed E-state index contributed by atoms with van der Waals surface area (Å²) in [5.41, 5.74) is 5.24. The van der Waals surface area contributed by atoms with Gasteiger partial charge in [-0.25, -0.2) is 10.8 Å². The summed E-state index contributed by atoms with van der Waals surface area (Å²) in [4.78, 5) is 18.2. The Balaban J connectivity index is 1.86. The number of hydrogen-bond acceptors (Lipinski definition) is 4. The van der Waals surface area contributed by atoms with E-state index >= 15 is 0 Å². The van der Waals surface area contributed by atoms with Crippen LogP contribution in [0.4, 0.5) is 5.82 Å². The van der Waals surface area contributed by atoms with Crippen molar-refractivity contribution in [3.8, 4) is 0 Å². The number of aromatic nitrogens is 1. The highest BCUT2D eigenvalue weighted by molar-refractivity contribution is 6.29. The van der Waals surface area contributed by atoms with Crippen molar-refractivity contribution in [3.05, 3.63) is 58.2 Å². The van der Waals surface area contributed by atoms with Gasteiger partial charge in [-0.15, -0.1) is 0 Å². The Labute approximate surface area is 121 Å². The Kier molecular flexibility index (Phi) is 3.30. The number of hydrogen-bond donors (Lipinski definition) is 2. The number of carbonyl (C=O) groups excluding carboxylic acids is 1. The summed E-state index contributed by atoms with van der Waals surface area (Å²) in [6.45, 7) is 1.22. The number of halogens is 1. The first-order chi connectivity index (χ1) is 9.67. The standard InChI is InChI=1S/C14H13ClN4O/c15-12-5-11(6-13(17-12)18-16)14(20)19-7-9-3-1-2-4-10(9)8-19/h1-6H,7-8,16H2,(H,17,18). The molecule has 2 heterocycles. The van der Waals surface area contributed by atoms with Crippen LogP contribution in [-0.4, -0.2) is 15.8 Å². The molecule has 2 aromatic rings.